The van der Waals surface area contributed by atoms with E-state index in [1.54, 1.807) is 5.01 Å². The van der Waals surface area contributed by atoms with E-state index in [1.165, 1.54) is 35.1 Å². The van der Waals surface area contributed by atoms with Gasteiger partial charge >= 0.3 is 0 Å². The van der Waals surface area contributed by atoms with E-state index >= 15 is 0 Å². The molecule has 0 aliphatic carbocycles. The highest BCUT2D eigenvalue weighted by Crippen LogP contribution is 2.32. The molecule has 0 bridgehead atoms. The van der Waals surface area contributed by atoms with Gasteiger partial charge in [-0.1, -0.05) is 35.2 Å². The first-order valence-electron chi connectivity index (χ1n) is 6.88. The van der Waals surface area contributed by atoms with Crippen molar-refractivity contribution in [1.29, 1.82) is 0 Å². The second-order valence-electron chi connectivity index (χ2n) is 5.10. The third kappa shape index (κ3) is 3.00. The molecule has 0 radical (unpaired) electrons. The van der Waals surface area contributed by atoms with Gasteiger partial charge in [0, 0.05) is 18.7 Å². The summed E-state index contributed by atoms with van der Waals surface area (Å²) in [6, 6.07) is 7.47. The Balaban J connectivity index is 1.82. The molecule has 0 amide bonds. The van der Waals surface area contributed by atoms with Crippen LogP contribution < -0.4 is 11.0 Å². The largest absolute Gasteiger partial charge is 0.302 e. The molecule has 0 unspecified atom stereocenters. The molecule has 2 N–H and O–H groups in total. The Labute approximate surface area is 136 Å². The highest BCUT2D eigenvalue weighted by atomic mass is 32.2. The molecule has 116 valence electrons. The first-order valence-corrected chi connectivity index (χ1v) is 8.57. The summed E-state index contributed by atoms with van der Waals surface area (Å²) in [5.41, 5.74) is 0.884. The lowest BCUT2D eigenvalue weighted by atomic mass is 10.2. The number of thiazole rings is 1. The van der Waals surface area contributed by atoms with E-state index in [-0.39, 0.29) is 16.4 Å². The molecule has 0 spiro atoms. The third-order valence-electron chi connectivity index (χ3n) is 3.52. The Morgan fingerprint density at radius 3 is 3.00 bits per heavy atom. The van der Waals surface area contributed by atoms with E-state index in [0.29, 0.717) is 18.1 Å². The standard InChI is InChI=1S/C14H16N4O2S2/c1-9(20)21-11-6-10(8-19)17(7-11)18(15)14-16-12-4-2-3-5-13(12)22-14/h2-5,8,10-11H,6-7,15H2,1H3/t10-,11-/m0/s1. The SMILES string of the molecule is CC(=O)S[C@H]1C[C@@H](C=O)N(N(N)c2nc3ccccc3s2)C1. The van der Waals surface area contributed by atoms with E-state index in [1.807, 2.05) is 24.3 Å². The molecule has 1 aromatic carbocycles. The van der Waals surface area contributed by atoms with Crippen molar-refractivity contribution < 1.29 is 9.59 Å². The number of aldehydes is 1. The molecule has 8 heteroatoms. The molecule has 2 aromatic rings. The maximum absolute atomic E-state index is 11.3. The van der Waals surface area contributed by atoms with Crippen molar-refractivity contribution in [1.82, 2.24) is 9.99 Å². The van der Waals surface area contributed by atoms with Crippen LogP contribution in [-0.4, -0.2) is 39.2 Å². The molecule has 22 heavy (non-hydrogen) atoms. The van der Waals surface area contributed by atoms with Crippen LogP contribution in [-0.2, 0) is 9.59 Å². The van der Waals surface area contributed by atoms with Gasteiger partial charge in [-0.3, -0.25) is 4.79 Å². The first kappa shape index (κ1) is 15.4. The molecule has 2 atom stereocenters. The fraction of sp³-hybridized carbons (Fsp3) is 0.357. The number of benzene rings is 1. The zero-order valence-corrected chi connectivity index (χ0v) is 13.6. The fourth-order valence-electron chi connectivity index (χ4n) is 2.57. The molecule has 0 saturated carbocycles. The number of fused-ring (bicyclic) bond motifs is 1. The van der Waals surface area contributed by atoms with Crippen LogP contribution in [0.1, 0.15) is 13.3 Å². The molecule has 6 nitrogen and oxygen atoms in total. The van der Waals surface area contributed by atoms with E-state index in [0.717, 1.165) is 16.5 Å². The maximum Gasteiger partial charge on any atom is 0.216 e. The molecule has 1 fully saturated rings. The van der Waals surface area contributed by atoms with Crippen molar-refractivity contribution in [2.24, 2.45) is 5.84 Å². The van der Waals surface area contributed by atoms with Gasteiger partial charge in [-0.2, -0.15) is 5.01 Å². The summed E-state index contributed by atoms with van der Waals surface area (Å²) in [5.74, 6) is 6.18. The molecule has 3 rings (SSSR count). The van der Waals surface area contributed by atoms with Crippen LogP contribution in [0.3, 0.4) is 0 Å². The Bertz CT molecular complexity index is 672. The normalized spacial score (nSPS) is 22.1. The van der Waals surface area contributed by atoms with Crippen LogP contribution in [0.4, 0.5) is 5.13 Å². The van der Waals surface area contributed by atoms with Crippen LogP contribution in [0.25, 0.3) is 10.2 Å². The molecule has 1 saturated heterocycles. The summed E-state index contributed by atoms with van der Waals surface area (Å²) in [6.45, 7) is 2.09. The minimum Gasteiger partial charge on any atom is -0.302 e. The average molecular weight is 336 g/mol. The van der Waals surface area contributed by atoms with Crippen LogP contribution in [0.15, 0.2) is 24.3 Å². The Morgan fingerprint density at radius 2 is 2.32 bits per heavy atom. The predicted octanol–water partition coefficient (Wildman–Crippen LogP) is 1.81. The van der Waals surface area contributed by atoms with Gasteiger partial charge in [0.1, 0.15) is 6.29 Å². The fourth-order valence-corrected chi connectivity index (χ4v) is 4.47. The van der Waals surface area contributed by atoms with Gasteiger partial charge < -0.3 is 4.79 Å². The molecular weight excluding hydrogens is 320 g/mol. The number of anilines is 1. The summed E-state index contributed by atoms with van der Waals surface area (Å²) in [7, 11) is 0. The monoisotopic (exact) mass is 336 g/mol. The number of para-hydroxylation sites is 1. The van der Waals surface area contributed by atoms with Crippen LogP contribution in [0, 0.1) is 0 Å². The van der Waals surface area contributed by atoms with E-state index < -0.39 is 0 Å². The minimum absolute atomic E-state index is 0.0556. The molecule has 1 aliphatic rings. The van der Waals surface area contributed by atoms with E-state index in [2.05, 4.69) is 4.98 Å². The number of hydrazine groups is 2. The van der Waals surface area contributed by atoms with Gasteiger partial charge in [0.2, 0.25) is 5.13 Å². The molecule has 1 aliphatic heterocycles. The first-order chi connectivity index (χ1) is 10.6. The zero-order chi connectivity index (χ0) is 15.7. The number of hydrogen-bond donors (Lipinski definition) is 1. The second-order valence-corrected chi connectivity index (χ2v) is 7.59. The van der Waals surface area contributed by atoms with Gasteiger partial charge in [0.15, 0.2) is 5.12 Å². The van der Waals surface area contributed by atoms with Crippen molar-refractivity contribution in [3.8, 4) is 0 Å². The van der Waals surface area contributed by atoms with Crippen LogP contribution >= 0.6 is 23.1 Å². The Kier molecular flexibility index (Phi) is 4.44. The van der Waals surface area contributed by atoms with Gasteiger partial charge in [-0.05, 0) is 18.6 Å². The quantitative estimate of drug-likeness (QED) is 0.518. The van der Waals surface area contributed by atoms with Crippen molar-refractivity contribution >= 4 is 49.8 Å². The zero-order valence-electron chi connectivity index (χ0n) is 12.0. The third-order valence-corrected chi connectivity index (χ3v) is 5.56. The van der Waals surface area contributed by atoms with Gasteiger partial charge in [0.25, 0.3) is 0 Å². The lowest BCUT2D eigenvalue weighted by Gasteiger charge is -2.29. The Morgan fingerprint density at radius 1 is 1.55 bits per heavy atom. The lowest BCUT2D eigenvalue weighted by Crippen LogP contribution is -2.51. The molecule has 1 aromatic heterocycles. The predicted molar refractivity (Wildman–Crippen MR) is 89.5 cm³/mol. The van der Waals surface area contributed by atoms with Crippen molar-refractivity contribution in [3.05, 3.63) is 24.3 Å². The molecule has 2 heterocycles. The van der Waals surface area contributed by atoms with Gasteiger partial charge in [0.05, 0.1) is 16.3 Å². The number of nitrogens with zero attached hydrogens (tertiary/aromatic N) is 3. The maximum atomic E-state index is 11.3. The number of aromatic nitrogens is 1. The number of hydrogen-bond acceptors (Lipinski definition) is 8. The number of carbonyl (C=O) groups excluding carboxylic acids is 2. The van der Waals surface area contributed by atoms with Crippen molar-refractivity contribution in [2.75, 3.05) is 11.7 Å². The summed E-state index contributed by atoms with van der Waals surface area (Å²) in [6.07, 6.45) is 1.50. The van der Waals surface area contributed by atoms with Gasteiger partial charge in [-0.15, -0.1) is 0 Å². The number of nitrogens with two attached hydrogens (primary N) is 1. The average Bonchev–Trinajstić information content (AvgIpc) is 3.09. The number of carbonyl (C=O) groups is 2. The topological polar surface area (TPSA) is 79.5 Å². The highest BCUT2D eigenvalue weighted by Gasteiger charge is 2.36. The summed E-state index contributed by atoms with van der Waals surface area (Å²) >= 11 is 2.74. The van der Waals surface area contributed by atoms with E-state index in [9.17, 15) is 9.59 Å². The summed E-state index contributed by atoms with van der Waals surface area (Å²) in [5, 5.41) is 4.00. The molecular formula is C14H16N4O2S2. The van der Waals surface area contributed by atoms with Crippen molar-refractivity contribution in [3.63, 3.8) is 0 Å². The lowest BCUT2D eigenvalue weighted by molar-refractivity contribution is -0.112. The minimum atomic E-state index is -0.325. The summed E-state index contributed by atoms with van der Waals surface area (Å²) in [4.78, 5) is 27.1. The Hall–Kier alpha value is -1.48. The second kappa shape index (κ2) is 6.33. The van der Waals surface area contributed by atoms with Crippen LogP contribution in [0.2, 0.25) is 0 Å². The highest BCUT2D eigenvalue weighted by molar-refractivity contribution is 8.14. The number of thioether (sulfide) groups is 1. The van der Waals surface area contributed by atoms with Crippen molar-refractivity contribution in [2.45, 2.75) is 24.6 Å². The van der Waals surface area contributed by atoms with Crippen LogP contribution in [0.5, 0.6) is 0 Å². The van der Waals surface area contributed by atoms with E-state index in [4.69, 9.17) is 5.84 Å². The smallest absolute Gasteiger partial charge is 0.216 e. The number of rotatable bonds is 4. The van der Waals surface area contributed by atoms with Gasteiger partial charge in [-0.25, -0.2) is 15.9 Å². The summed E-state index contributed by atoms with van der Waals surface area (Å²) < 4.78 is 1.05.